The molecule has 0 saturated heterocycles. The largest absolute Gasteiger partial charge is 0.269 e. The highest BCUT2D eigenvalue weighted by molar-refractivity contribution is 5.98. The Morgan fingerprint density at radius 1 is 0.909 bits per heavy atom. The molecule has 0 heterocycles. The lowest BCUT2D eigenvalue weighted by Crippen LogP contribution is -2.40. The van der Waals surface area contributed by atoms with Crippen molar-refractivity contribution in [1.82, 2.24) is 10.9 Å². The fourth-order valence-corrected chi connectivity index (χ4v) is 1.87. The lowest BCUT2D eigenvalue weighted by Gasteiger charge is -2.05. The summed E-state index contributed by atoms with van der Waals surface area (Å²) in [5, 5.41) is 0. The molecule has 0 fully saturated rings. The first-order chi connectivity index (χ1) is 10.5. The molecule has 2 amide bonds. The quantitative estimate of drug-likeness (QED) is 0.675. The van der Waals surface area contributed by atoms with E-state index in [1.54, 1.807) is 24.3 Å². The average Bonchev–Trinajstić information content (AvgIpc) is 2.52. The molecule has 112 valence electrons. The molecule has 0 aliphatic heterocycles. The Kier molecular flexibility index (Phi) is 5.09. The molecule has 0 radical (unpaired) electrons. The highest BCUT2D eigenvalue weighted by Gasteiger charge is 2.05. The van der Waals surface area contributed by atoms with Crippen molar-refractivity contribution in [1.29, 1.82) is 0 Å². The molecular weight excluding hydrogens is 276 g/mol. The van der Waals surface area contributed by atoms with Crippen LogP contribution in [0, 0.1) is 13.8 Å². The van der Waals surface area contributed by atoms with E-state index in [-0.39, 0.29) is 11.8 Å². The van der Waals surface area contributed by atoms with Crippen molar-refractivity contribution >= 4 is 17.9 Å². The first-order valence-corrected chi connectivity index (χ1v) is 6.96. The molecule has 0 spiro atoms. The van der Waals surface area contributed by atoms with Gasteiger partial charge in [-0.2, -0.15) is 0 Å². The van der Waals surface area contributed by atoms with E-state index in [1.807, 2.05) is 44.2 Å². The lowest BCUT2D eigenvalue weighted by molar-refractivity contribution is -0.117. The van der Waals surface area contributed by atoms with E-state index >= 15 is 0 Å². The predicted molar refractivity (Wildman–Crippen MR) is 87.0 cm³/mol. The number of carbonyl (C=O) groups is 2. The topological polar surface area (TPSA) is 58.2 Å². The van der Waals surface area contributed by atoms with Gasteiger partial charge in [0.2, 0.25) is 0 Å². The molecule has 4 nitrogen and oxygen atoms in total. The van der Waals surface area contributed by atoms with E-state index in [0.29, 0.717) is 5.56 Å². The maximum Gasteiger partial charge on any atom is 0.269 e. The molecule has 2 aromatic rings. The summed E-state index contributed by atoms with van der Waals surface area (Å²) in [5.74, 6) is -0.734. The van der Waals surface area contributed by atoms with Gasteiger partial charge in [0.15, 0.2) is 0 Å². The summed E-state index contributed by atoms with van der Waals surface area (Å²) in [6.45, 7) is 3.90. The second-order valence-electron chi connectivity index (χ2n) is 5.06. The fourth-order valence-electron chi connectivity index (χ4n) is 1.87. The maximum absolute atomic E-state index is 11.9. The Bertz CT molecular complexity index is 703. The Morgan fingerprint density at radius 2 is 1.64 bits per heavy atom. The predicted octanol–water partition coefficient (Wildman–Crippen LogP) is 2.78. The molecule has 2 aromatic carbocycles. The molecule has 0 aromatic heterocycles. The first kappa shape index (κ1) is 15.5. The van der Waals surface area contributed by atoms with Crippen LogP contribution in [0.5, 0.6) is 0 Å². The van der Waals surface area contributed by atoms with Gasteiger partial charge in [0.05, 0.1) is 0 Å². The minimum Gasteiger partial charge on any atom is -0.268 e. The lowest BCUT2D eigenvalue weighted by atomic mass is 10.1. The van der Waals surface area contributed by atoms with Crippen molar-refractivity contribution in [2.75, 3.05) is 0 Å². The fraction of sp³-hybridized carbons (Fsp3) is 0.111. The van der Waals surface area contributed by atoms with Crippen LogP contribution in [0.15, 0.2) is 54.6 Å². The Balaban J connectivity index is 1.87. The van der Waals surface area contributed by atoms with Crippen LogP contribution >= 0.6 is 0 Å². The molecule has 4 heteroatoms. The van der Waals surface area contributed by atoms with Crippen LogP contribution in [0.3, 0.4) is 0 Å². The molecule has 2 N–H and O–H groups in total. The molecular formula is C18H18N2O2. The zero-order chi connectivity index (χ0) is 15.9. The minimum absolute atomic E-state index is 0.346. The molecule has 2 rings (SSSR count). The van der Waals surface area contributed by atoms with Gasteiger partial charge in [-0.15, -0.1) is 0 Å². The number of benzene rings is 2. The zero-order valence-corrected chi connectivity index (χ0v) is 12.6. The second kappa shape index (κ2) is 7.22. The van der Waals surface area contributed by atoms with Gasteiger partial charge in [-0.05, 0) is 37.6 Å². The normalized spacial score (nSPS) is 10.5. The Hall–Kier alpha value is -2.88. The van der Waals surface area contributed by atoms with Crippen LogP contribution in [0.4, 0.5) is 0 Å². The SMILES string of the molecule is Cc1ccc(/C=C/C(=O)NNC(=O)c2cccc(C)c2)cc1. The number of nitrogens with one attached hydrogen (secondary N) is 2. The summed E-state index contributed by atoms with van der Waals surface area (Å²) in [7, 11) is 0. The highest BCUT2D eigenvalue weighted by Crippen LogP contribution is 2.05. The number of amides is 2. The van der Waals surface area contributed by atoms with Crippen molar-refractivity contribution in [3.05, 3.63) is 76.9 Å². The smallest absolute Gasteiger partial charge is 0.268 e. The molecule has 0 atom stereocenters. The summed E-state index contributed by atoms with van der Waals surface area (Å²) >= 11 is 0. The van der Waals surface area contributed by atoms with Crippen LogP contribution in [0.1, 0.15) is 27.0 Å². The van der Waals surface area contributed by atoms with E-state index in [9.17, 15) is 9.59 Å². The van der Waals surface area contributed by atoms with Crippen LogP contribution in [-0.2, 0) is 4.79 Å². The average molecular weight is 294 g/mol. The molecule has 0 saturated carbocycles. The number of hydrazine groups is 1. The monoisotopic (exact) mass is 294 g/mol. The minimum atomic E-state index is -0.387. The van der Waals surface area contributed by atoms with Crippen molar-refractivity contribution < 1.29 is 9.59 Å². The van der Waals surface area contributed by atoms with Gasteiger partial charge in [0.25, 0.3) is 11.8 Å². The standard InChI is InChI=1S/C18H18N2O2/c1-13-6-8-15(9-7-13)10-11-17(21)19-20-18(22)16-5-3-4-14(2)12-16/h3-12H,1-2H3,(H,19,21)(H,20,22)/b11-10+. The van der Waals surface area contributed by atoms with Crippen molar-refractivity contribution in [2.45, 2.75) is 13.8 Å². The third-order valence-corrected chi connectivity index (χ3v) is 3.08. The van der Waals surface area contributed by atoms with Gasteiger partial charge in [-0.3, -0.25) is 20.4 Å². The van der Waals surface area contributed by atoms with Crippen LogP contribution in [-0.4, -0.2) is 11.8 Å². The van der Waals surface area contributed by atoms with Gasteiger partial charge in [0, 0.05) is 11.6 Å². The van der Waals surface area contributed by atoms with E-state index in [0.717, 1.165) is 16.7 Å². The number of hydrogen-bond acceptors (Lipinski definition) is 2. The molecule has 0 aliphatic rings. The van der Waals surface area contributed by atoms with Gasteiger partial charge in [0.1, 0.15) is 0 Å². The van der Waals surface area contributed by atoms with E-state index in [2.05, 4.69) is 10.9 Å². The van der Waals surface area contributed by atoms with Crippen molar-refractivity contribution in [3.63, 3.8) is 0 Å². The van der Waals surface area contributed by atoms with E-state index < -0.39 is 0 Å². The number of carbonyl (C=O) groups excluding carboxylic acids is 2. The molecule has 0 bridgehead atoms. The van der Waals surface area contributed by atoms with Crippen LogP contribution < -0.4 is 10.9 Å². The first-order valence-electron chi connectivity index (χ1n) is 6.96. The number of aryl methyl sites for hydroxylation is 2. The Morgan fingerprint density at radius 3 is 2.32 bits per heavy atom. The third kappa shape index (κ3) is 4.59. The van der Waals surface area contributed by atoms with Crippen molar-refractivity contribution in [3.8, 4) is 0 Å². The third-order valence-electron chi connectivity index (χ3n) is 3.08. The Labute approximate surface area is 129 Å². The number of hydrogen-bond donors (Lipinski definition) is 2. The summed E-state index contributed by atoms with van der Waals surface area (Å²) in [6.07, 6.45) is 3.06. The van der Waals surface area contributed by atoms with E-state index in [1.165, 1.54) is 6.08 Å². The van der Waals surface area contributed by atoms with Gasteiger partial charge >= 0.3 is 0 Å². The van der Waals surface area contributed by atoms with Crippen LogP contribution in [0.2, 0.25) is 0 Å². The highest BCUT2D eigenvalue weighted by atomic mass is 16.2. The molecule has 0 aliphatic carbocycles. The molecule has 0 unspecified atom stereocenters. The summed E-state index contributed by atoms with van der Waals surface area (Å²) in [5.41, 5.74) is 8.31. The summed E-state index contributed by atoms with van der Waals surface area (Å²) in [4.78, 5) is 23.5. The van der Waals surface area contributed by atoms with E-state index in [4.69, 9.17) is 0 Å². The van der Waals surface area contributed by atoms with Crippen molar-refractivity contribution in [2.24, 2.45) is 0 Å². The second-order valence-corrected chi connectivity index (χ2v) is 5.06. The van der Waals surface area contributed by atoms with Gasteiger partial charge in [-0.25, -0.2) is 0 Å². The molecule has 22 heavy (non-hydrogen) atoms. The number of rotatable bonds is 3. The summed E-state index contributed by atoms with van der Waals surface area (Å²) < 4.78 is 0. The maximum atomic E-state index is 11.9. The zero-order valence-electron chi connectivity index (χ0n) is 12.6. The summed E-state index contributed by atoms with van der Waals surface area (Å²) in [6, 6.07) is 14.9. The van der Waals surface area contributed by atoms with Crippen LogP contribution in [0.25, 0.3) is 6.08 Å². The van der Waals surface area contributed by atoms with Gasteiger partial charge < -0.3 is 0 Å². The van der Waals surface area contributed by atoms with Gasteiger partial charge in [-0.1, -0.05) is 47.5 Å².